The molecule has 0 spiro atoms. The molecule has 1 aliphatic rings. The Kier molecular flexibility index (Phi) is 5.50. The number of nitrogens with one attached hydrogen (secondary N) is 2. The zero-order valence-electron chi connectivity index (χ0n) is 15.9. The molecule has 2 atom stereocenters. The second-order valence-electron chi connectivity index (χ2n) is 7.06. The van der Waals surface area contributed by atoms with Gasteiger partial charge in [-0.05, 0) is 38.0 Å². The minimum Gasteiger partial charge on any atom is -0.381 e. The van der Waals surface area contributed by atoms with Gasteiger partial charge in [0, 0.05) is 36.3 Å². The molecule has 0 bridgehead atoms. The molecule has 7 nitrogen and oxygen atoms in total. The first-order valence-electron chi connectivity index (χ1n) is 9.40. The maximum Gasteiger partial charge on any atom is 0.271 e. The third kappa shape index (κ3) is 4.13. The lowest BCUT2D eigenvalue weighted by molar-refractivity contribution is 0.0942. The van der Waals surface area contributed by atoms with Crippen LogP contribution in [-0.2, 0) is 4.74 Å². The molecule has 1 saturated heterocycles. The summed E-state index contributed by atoms with van der Waals surface area (Å²) in [6.07, 6.45) is 4.53. The lowest BCUT2D eigenvalue weighted by Gasteiger charge is -2.15. The van der Waals surface area contributed by atoms with E-state index >= 15 is 0 Å². The maximum absolute atomic E-state index is 12.9. The van der Waals surface area contributed by atoms with E-state index in [-0.39, 0.29) is 11.9 Å². The normalized spacial score (nSPS) is 17.6. The van der Waals surface area contributed by atoms with Gasteiger partial charge in [-0.1, -0.05) is 6.07 Å². The van der Waals surface area contributed by atoms with Crippen LogP contribution in [0.25, 0.3) is 10.2 Å². The Hall–Kier alpha value is -2.58. The fourth-order valence-corrected chi connectivity index (χ4v) is 4.18. The smallest absolute Gasteiger partial charge is 0.271 e. The Labute approximate surface area is 167 Å². The number of thiophene rings is 1. The molecule has 1 fully saturated rings. The molecule has 0 aliphatic carbocycles. The third-order valence-electron chi connectivity index (χ3n) is 4.82. The number of anilines is 1. The summed E-state index contributed by atoms with van der Waals surface area (Å²) in [5.74, 6) is 0.642. The van der Waals surface area contributed by atoms with Crippen molar-refractivity contribution in [3.8, 4) is 0 Å². The number of carbonyl (C=O) groups is 1. The van der Waals surface area contributed by atoms with Gasteiger partial charge in [0.05, 0.1) is 22.9 Å². The average molecular weight is 398 g/mol. The third-order valence-corrected chi connectivity index (χ3v) is 5.86. The van der Waals surface area contributed by atoms with Crippen LogP contribution in [0.3, 0.4) is 0 Å². The van der Waals surface area contributed by atoms with Gasteiger partial charge >= 0.3 is 0 Å². The molecule has 146 valence electrons. The van der Waals surface area contributed by atoms with E-state index in [9.17, 15) is 4.79 Å². The van der Waals surface area contributed by atoms with Crippen LogP contribution in [0.4, 0.5) is 5.95 Å². The summed E-state index contributed by atoms with van der Waals surface area (Å²) in [5.41, 5.74) is 2.23. The number of aromatic nitrogens is 3. The van der Waals surface area contributed by atoms with E-state index in [0.717, 1.165) is 33.7 Å². The summed E-state index contributed by atoms with van der Waals surface area (Å²) in [6, 6.07) is 5.85. The standard InChI is InChI=1S/C20H23N5O2S/c1-12-8-16-18(28-12)17(19(26)22-9-14-5-7-27-11-14)25-20(24-16)23-13(2)15-4-3-6-21-10-15/h3-4,6,8,10,13-14H,5,7,9,11H2,1-2H3,(H,22,26)(H,23,24,25)/t13?,14-/m0/s1. The molecule has 28 heavy (non-hydrogen) atoms. The number of aryl methyl sites for hydroxylation is 1. The number of hydrogen-bond acceptors (Lipinski definition) is 7. The highest BCUT2D eigenvalue weighted by molar-refractivity contribution is 7.19. The minimum atomic E-state index is -0.168. The largest absolute Gasteiger partial charge is 0.381 e. The first-order valence-corrected chi connectivity index (χ1v) is 10.2. The zero-order chi connectivity index (χ0) is 19.5. The number of hydrogen-bond donors (Lipinski definition) is 2. The number of carbonyl (C=O) groups excluding carboxylic acids is 1. The predicted octanol–water partition coefficient (Wildman–Crippen LogP) is 3.33. The summed E-state index contributed by atoms with van der Waals surface area (Å²) in [4.78, 5) is 27.3. The fourth-order valence-electron chi connectivity index (χ4n) is 3.24. The molecule has 0 aromatic carbocycles. The van der Waals surface area contributed by atoms with Gasteiger partial charge in [0.1, 0.15) is 0 Å². The maximum atomic E-state index is 12.9. The van der Waals surface area contributed by atoms with E-state index in [1.165, 1.54) is 0 Å². The molecule has 0 radical (unpaired) electrons. The van der Waals surface area contributed by atoms with E-state index in [0.29, 0.717) is 30.7 Å². The minimum absolute atomic E-state index is 0.0302. The van der Waals surface area contributed by atoms with E-state index in [1.807, 2.05) is 38.2 Å². The average Bonchev–Trinajstić information content (AvgIpc) is 3.34. The number of fused-ring (bicyclic) bond motifs is 1. The number of rotatable bonds is 6. The summed E-state index contributed by atoms with van der Waals surface area (Å²) in [7, 11) is 0. The highest BCUT2D eigenvalue weighted by Gasteiger charge is 2.21. The van der Waals surface area contributed by atoms with E-state index in [1.54, 1.807) is 17.5 Å². The van der Waals surface area contributed by atoms with Crippen LogP contribution in [-0.4, -0.2) is 40.6 Å². The topological polar surface area (TPSA) is 89.0 Å². The van der Waals surface area contributed by atoms with Crippen molar-refractivity contribution in [3.05, 3.63) is 46.7 Å². The van der Waals surface area contributed by atoms with Crippen LogP contribution in [0.1, 0.15) is 40.3 Å². The number of ether oxygens (including phenoxy) is 1. The first kappa shape index (κ1) is 18.8. The molecule has 1 amide bonds. The number of pyridine rings is 1. The quantitative estimate of drug-likeness (QED) is 0.663. The van der Waals surface area contributed by atoms with Crippen LogP contribution in [0, 0.1) is 12.8 Å². The second-order valence-corrected chi connectivity index (χ2v) is 8.32. The molecule has 3 aromatic heterocycles. The van der Waals surface area contributed by atoms with Gasteiger partial charge in [0.15, 0.2) is 5.69 Å². The highest BCUT2D eigenvalue weighted by atomic mass is 32.1. The van der Waals surface area contributed by atoms with Crippen molar-refractivity contribution in [2.24, 2.45) is 5.92 Å². The van der Waals surface area contributed by atoms with E-state index in [2.05, 4.69) is 25.6 Å². The van der Waals surface area contributed by atoms with Crippen molar-refractivity contribution in [3.63, 3.8) is 0 Å². The fraction of sp³-hybridized carbons (Fsp3) is 0.400. The predicted molar refractivity (Wildman–Crippen MR) is 110 cm³/mol. The Bertz CT molecular complexity index is 969. The Morgan fingerprint density at radius 3 is 3.07 bits per heavy atom. The lowest BCUT2D eigenvalue weighted by Crippen LogP contribution is -2.30. The molecule has 1 unspecified atom stereocenters. The van der Waals surface area contributed by atoms with Gasteiger partial charge in [0.25, 0.3) is 5.91 Å². The summed E-state index contributed by atoms with van der Waals surface area (Å²) < 4.78 is 6.20. The Morgan fingerprint density at radius 2 is 2.32 bits per heavy atom. The second kappa shape index (κ2) is 8.20. The molecule has 8 heteroatoms. The van der Waals surface area contributed by atoms with Crippen LogP contribution >= 0.6 is 11.3 Å². The van der Waals surface area contributed by atoms with Gasteiger partial charge < -0.3 is 15.4 Å². The molecule has 4 rings (SSSR count). The van der Waals surface area contributed by atoms with Crippen LogP contribution in [0.2, 0.25) is 0 Å². The van der Waals surface area contributed by atoms with Crippen molar-refractivity contribution < 1.29 is 9.53 Å². The summed E-state index contributed by atoms with van der Waals surface area (Å²) in [5, 5.41) is 6.31. The molecule has 2 N–H and O–H groups in total. The van der Waals surface area contributed by atoms with E-state index < -0.39 is 0 Å². The molecule has 4 heterocycles. The molecule has 0 saturated carbocycles. The van der Waals surface area contributed by atoms with Crippen molar-refractivity contribution >= 4 is 33.4 Å². The lowest BCUT2D eigenvalue weighted by atomic mass is 10.1. The summed E-state index contributed by atoms with van der Waals surface area (Å²) in [6.45, 7) is 6.10. The van der Waals surface area contributed by atoms with Gasteiger partial charge in [-0.3, -0.25) is 9.78 Å². The van der Waals surface area contributed by atoms with Crippen molar-refractivity contribution in [2.45, 2.75) is 26.3 Å². The Morgan fingerprint density at radius 1 is 1.43 bits per heavy atom. The van der Waals surface area contributed by atoms with Crippen molar-refractivity contribution in [2.75, 3.05) is 25.1 Å². The first-order chi connectivity index (χ1) is 13.6. The van der Waals surface area contributed by atoms with Crippen molar-refractivity contribution in [1.29, 1.82) is 0 Å². The Balaban J connectivity index is 1.58. The SMILES string of the molecule is Cc1cc2nc(NC(C)c3cccnc3)nc(C(=O)NC[C@@H]3CCOC3)c2s1. The van der Waals surface area contributed by atoms with Crippen LogP contribution < -0.4 is 10.6 Å². The molecule has 3 aromatic rings. The van der Waals surface area contributed by atoms with Gasteiger partial charge in [-0.15, -0.1) is 11.3 Å². The molecule has 1 aliphatic heterocycles. The van der Waals surface area contributed by atoms with Gasteiger partial charge in [-0.25, -0.2) is 9.97 Å². The molecular weight excluding hydrogens is 374 g/mol. The number of nitrogens with zero attached hydrogens (tertiary/aromatic N) is 3. The van der Waals surface area contributed by atoms with Gasteiger partial charge in [0.2, 0.25) is 5.95 Å². The van der Waals surface area contributed by atoms with Crippen LogP contribution in [0.5, 0.6) is 0 Å². The van der Waals surface area contributed by atoms with Crippen LogP contribution in [0.15, 0.2) is 30.6 Å². The van der Waals surface area contributed by atoms with E-state index in [4.69, 9.17) is 4.74 Å². The highest BCUT2D eigenvalue weighted by Crippen LogP contribution is 2.28. The van der Waals surface area contributed by atoms with Gasteiger partial charge in [-0.2, -0.15) is 0 Å². The monoisotopic (exact) mass is 397 g/mol. The summed E-state index contributed by atoms with van der Waals surface area (Å²) >= 11 is 1.54. The molecular formula is C20H23N5O2S. The van der Waals surface area contributed by atoms with Crippen molar-refractivity contribution in [1.82, 2.24) is 20.3 Å². The number of amides is 1. The zero-order valence-corrected chi connectivity index (χ0v) is 16.8.